The van der Waals surface area contributed by atoms with Gasteiger partial charge in [0.2, 0.25) is 0 Å². The predicted molar refractivity (Wildman–Crippen MR) is 364 cm³/mol. The zero-order valence-corrected chi connectivity index (χ0v) is 51.6. The Morgan fingerprint density at radius 3 is 0.602 bits per heavy atom. The van der Waals surface area contributed by atoms with Gasteiger partial charge < -0.3 is 19.6 Å². The third-order valence-electron chi connectivity index (χ3n) is 17.9. The van der Waals surface area contributed by atoms with E-state index in [1.807, 2.05) is 24.3 Å². The van der Waals surface area contributed by atoms with Gasteiger partial charge in [-0.1, -0.05) is 152 Å². The van der Waals surface area contributed by atoms with Crippen molar-refractivity contribution < 1.29 is 17.6 Å². The molecule has 442 valence electrons. The standard InChI is InChI=1S/C80H74F4N4/c1-9-51-25-17-21-29-67(51)85(71-41-33-59(81)45-55(71)13-5)75-49-76(86(68-30-22-18-26-52(68)10-2)72-42-34-60(82)46-56(72)14-6)64-39-40-66-78(88(70-32-24-20-28-54(70)12-4)74-44-36-62(84)48-58(74)16-8)50-77(65-38-37-63(75)79(64)80(65)66)87(69-31-23-19-27-53(69)11-3)73-43-35-61(83)47-57(73)15-7/h17-50H,9-16H2,1-8H3. The summed E-state index contributed by atoms with van der Waals surface area (Å²) >= 11 is 0. The lowest BCUT2D eigenvalue weighted by Gasteiger charge is -2.36. The monoisotopic (exact) mass is 1170 g/mol. The van der Waals surface area contributed by atoms with Crippen molar-refractivity contribution >= 4 is 101 Å². The van der Waals surface area contributed by atoms with E-state index in [4.69, 9.17) is 0 Å². The Morgan fingerprint density at radius 2 is 0.398 bits per heavy atom. The van der Waals surface area contributed by atoms with E-state index in [1.54, 1.807) is 48.5 Å². The van der Waals surface area contributed by atoms with Crippen LogP contribution in [0.4, 0.5) is 85.8 Å². The van der Waals surface area contributed by atoms with Crippen LogP contribution >= 0.6 is 0 Å². The number of hydrogen-bond acceptors (Lipinski definition) is 4. The van der Waals surface area contributed by atoms with Crippen LogP contribution < -0.4 is 19.6 Å². The summed E-state index contributed by atoms with van der Waals surface area (Å²) in [6.45, 7) is 17.0. The largest absolute Gasteiger partial charge is 0.309 e. The maximum Gasteiger partial charge on any atom is 0.123 e. The first kappa shape index (κ1) is 59.0. The Kier molecular flexibility index (Phi) is 16.8. The second-order valence-electron chi connectivity index (χ2n) is 22.7. The van der Waals surface area contributed by atoms with Gasteiger partial charge >= 0.3 is 0 Å². The molecule has 0 atom stereocenters. The van der Waals surface area contributed by atoms with Crippen LogP contribution in [0.1, 0.15) is 99.9 Å². The van der Waals surface area contributed by atoms with Crippen LogP contribution in [0.2, 0.25) is 0 Å². The number of halogens is 4. The summed E-state index contributed by atoms with van der Waals surface area (Å²) < 4.78 is 63.3. The molecule has 88 heavy (non-hydrogen) atoms. The molecule has 12 aromatic rings. The molecule has 0 N–H and O–H groups in total. The van der Waals surface area contributed by atoms with E-state index in [1.165, 1.54) is 0 Å². The van der Waals surface area contributed by atoms with Gasteiger partial charge in [0.05, 0.1) is 22.7 Å². The average molecular weight is 1170 g/mol. The molecule has 12 aromatic carbocycles. The van der Waals surface area contributed by atoms with Crippen LogP contribution in [0.3, 0.4) is 0 Å². The van der Waals surface area contributed by atoms with Crippen molar-refractivity contribution in [3.05, 3.63) is 274 Å². The Hall–Kier alpha value is -9.40. The van der Waals surface area contributed by atoms with Gasteiger partial charge in [0.1, 0.15) is 23.3 Å². The first-order valence-corrected chi connectivity index (χ1v) is 31.4. The van der Waals surface area contributed by atoms with Gasteiger partial charge in [-0.2, -0.15) is 0 Å². The third-order valence-corrected chi connectivity index (χ3v) is 17.9. The first-order chi connectivity index (χ1) is 43.0. The lowest BCUT2D eigenvalue weighted by Crippen LogP contribution is -2.19. The highest BCUT2D eigenvalue weighted by Gasteiger charge is 2.32. The molecule has 0 aliphatic carbocycles. The minimum Gasteiger partial charge on any atom is -0.309 e. The smallest absolute Gasteiger partial charge is 0.123 e. The van der Waals surface area contributed by atoms with Crippen LogP contribution in [-0.4, -0.2) is 0 Å². The van der Waals surface area contributed by atoms with Crippen molar-refractivity contribution in [2.24, 2.45) is 0 Å². The summed E-state index contributed by atoms with van der Waals surface area (Å²) in [6, 6.07) is 68.2. The summed E-state index contributed by atoms with van der Waals surface area (Å²) in [5, 5.41) is 5.74. The Balaban J connectivity index is 1.37. The zero-order chi connectivity index (χ0) is 61.3. The topological polar surface area (TPSA) is 13.0 Å². The van der Waals surface area contributed by atoms with Gasteiger partial charge in [0.25, 0.3) is 0 Å². The molecule has 4 nitrogen and oxygen atoms in total. The maximum atomic E-state index is 15.8. The fourth-order valence-electron chi connectivity index (χ4n) is 13.5. The van der Waals surface area contributed by atoms with Crippen molar-refractivity contribution in [1.82, 2.24) is 0 Å². The molecule has 0 aliphatic heterocycles. The molecule has 0 aliphatic rings. The second-order valence-corrected chi connectivity index (χ2v) is 22.7. The molecule has 0 bridgehead atoms. The van der Waals surface area contributed by atoms with Gasteiger partial charge in [0, 0.05) is 77.8 Å². The quantitative estimate of drug-likeness (QED) is 0.0557. The number of nitrogens with zero attached hydrogens (tertiary/aromatic N) is 4. The molecule has 0 saturated carbocycles. The minimum absolute atomic E-state index is 0.311. The van der Waals surface area contributed by atoms with Gasteiger partial charge in [-0.15, -0.1) is 0 Å². The molecule has 12 rings (SSSR count). The van der Waals surface area contributed by atoms with Crippen LogP contribution in [0.25, 0.3) is 32.3 Å². The SMILES string of the molecule is CCc1ccccc1N(c1ccc(F)cc1CC)c1cc(N(c2ccccc2CC)c2ccc(F)cc2CC)c2ccc3c(N(c4ccccc4CC)c4ccc(F)cc4CC)cc(N(c4ccccc4CC)c4ccc(F)cc4CC)c4ccc1c2c43. The molecule has 0 saturated heterocycles. The van der Waals surface area contributed by atoms with E-state index in [-0.39, 0.29) is 23.3 Å². The van der Waals surface area contributed by atoms with Crippen LogP contribution in [0, 0.1) is 23.3 Å². The molecule has 0 radical (unpaired) electrons. The molecule has 0 heterocycles. The zero-order valence-electron chi connectivity index (χ0n) is 51.6. The van der Waals surface area contributed by atoms with Gasteiger partial charge in [-0.25, -0.2) is 17.6 Å². The van der Waals surface area contributed by atoms with E-state index < -0.39 is 0 Å². The van der Waals surface area contributed by atoms with Crippen LogP contribution in [0.5, 0.6) is 0 Å². The molecular formula is C80H74F4N4. The Bertz CT molecular complexity index is 3980. The molecule has 0 amide bonds. The van der Waals surface area contributed by atoms with E-state index >= 15 is 17.6 Å². The highest BCUT2D eigenvalue weighted by molar-refractivity contribution is 6.33. The highest BCUT2D eigenvalue weighted by Crippen LogP contribution is 2.57. The number of aryl methyl sites for hydroxylation is 8. The lowest BCUT2D eigenvalue weighted by molar-refractivity contribution is 0.625. The predicted octanol–water partition coefficient (Wildman–Crippen LogP) is 23.5. The van der Waals surface area contributed by atoms with Crippen molar-refractivity contribution in [3.8, 4) is 0 Å². The number of anilines is 12. The summed E-state index contributed by atoms with van der Waals surface area (Å²) in [6.07, 6.45) is 5.14. The molecular weight excluding hydrogens is 1090 g/mol. The summed E-state index contributed by atoms with van der Waals surface area (Å²) in [7, 11) is 0. The summed E-state index contributed by atoms with van der Waals surface area (Å²) in [5.41, 5.74) is 18.5. The van der Waals surface area contributed by atoms with E-state index in [9.17, 15) is 0 Å². The summed E-state index contributed by atoms with van der Waals surface area (Å²) in [5.74, 6) is -1.24. The number of benzene rings is 12. The van der Waals surface area contributed by atoms with Gasteiger partial charge in [0.15, 0.2) is 0 Å². The minimum atomic E-state index is -0.311. The maximum absolute atomic E-state index is 15.8. The average Bonchev–Trinajstić information content (AvgIpc) is 0.735. The third kappa shape index (κ3) is 10.5. The van der Waals surface area contributed by atoms with Crippen LogP contribution in [-0.2, 0) is 51.4 Å². The normalized spacial score (nSPS) is 11.5. The Labute approximate surface area is 515 Å². The van der Waals surface area contributed by atoms with Gasteiger partial charge in [-0.05, 0) is 205 Å². The second kappa shape index (κ2) is 25.1. The first-order valence-electron chi connectivity index (χ1n) is 31.4. The van der Waals surface area contributed by atoms with Crippen LogP contribution in [0.15, 0.2) is 206 Å². The van der Waals surface area contributed by atoms with Crippen molar-refractivity contribution in [2.45, 2.75) is 107 Å². The molecule has 0 unspecified atom stereocenters. The van der Waals surface area contributed by atoms with E-state index in [0.717, 1.165) is 171 Å². The Morgan fingerprint density at radius 1 is 0.205 bits per heavy atom. The fourth-order valence-corrected chi connectivity index (χ4v) is 13.5. The summed E-state index contributed by atoms with van der Waals surface area (Å²) in [4.78, 5) is 9.37. The fraction of sp³-hybridized carbons (Fsp3) is 0.200. The van der Waals surface area contributed by atoms with E-state index in [2.05, 4.69) is 208 Å². The molecule has 0 fully saturated rings. The number of rotatable bonds is 20. The van der Waals surface area contributed by atoms with Gasteiger partial charge in [-0.3, -0.25) is 0 Å². The molecule has 0 aromatic heterocycles. The lowest BCUT2D eigenvalue weighted by atomic mass is 9.88. The highest BCUT2D eigenvalue weighted by atomic mass is 19.1. The van der Waals surface area contributed by atoms with E-state index in [0.29, 0.717) is 25.7 Å². The molecule has 8 heteroatoms. The van der Waals surface area contributed by atoms with Crippen molar-refractivity contribution in [3.63, 3.8) is 0 Å². The number of para-hydroxylation sites is 4. The van der Waals surface area contributed by atoms with Crippen molar-refractivity contribution in [1.29, 1.82) is 0 Å². The number of hydrogen-bond donors (Lipinski definition) is 0. The van der Waals surface area contributed by atoms with Crippen molar-refractivity contribution in [2.75, 3.05) is 19.6 Å². The molecule has 0 spiro atoms.